The highest BCUT2D eigenvalue weighted by Gasteiger charge is 2.15. The molecule has 5 heteroatoms. The molecule has 1 amide bonds. The van der Waals surface area contributed by atoms with Gasteiger partial charge in [-0.1, -0.05) is 5.16 Å². The summed E-state index contributed by atoms with van der Waals surface area (Å²) in [5, 5.41) is 6.83. The summed E-state index contributed by atoms with van der Waals surface area (Å²) in [4.78, 5) is 13.7. The number of hydrogen-bond donors (Lipinski definition) is 1. The molecule has 16 heavy (non-hydrogen) atoms. The molecule has 88 valence electrons. The van der Waals surface area contributed by atoms with Crippen molar-refractivity contribution in [2.75, 3.05) is 19.6 Å². The van der Waals surface area contributed by atoms with E-state index >= 15 is 0 Å². The van der Waals surface area contributed by atoms with Crippen LogP contribution in [-0.2, 0) is 11.3 Å². The first kappa shape index (κ1) is 11.1. The predicted octanol–water partition coefficient (Wildman–Crippen LogP) is 0.777. The highest BCUT2D eigenvalue weighted by Crippen LogP contribution is 2.08. The first-order valence-electron chi connectivity index (χ1n) is 5.74. The van der Waals surface area contributed by atoms with Gasteiger partial charge in [0.2, 0.25) is 5.91 Å². The zero-order valence-corrected chi connectivity index (χ0v) is 9.32. The second-order valence-electron chi connectivity index (χ2n) is 4.04. The van der Waals surface area contributed by atoms with Gasteiger partial charge in [0, 0.05) is 25.7 Å². The largest absolute Gasteiger partial charge is 0.364 e. The minimum absolute atomic E-state index is 0.184. The number of piperidine rings is 1. The lowest BCUT2D eigenvalue weighted by Crippen LogP contribution is -2.40. The van der Waals surface area contributed by atoms with Crippen molar-refractivity contribution < 1.29 is 9.32 Å². The molecule has 2 rings (SSSR count). The van der Waals surface area contributed by atoms with Crippen LogP contribution < -0.4 is 5.32 Å². The molecular weight excluding hydrogens is 206 g/mol. The van der Waals surface area contributed by atoms with Gasteiger partial charge in [-0.05, 0) is 19.3 Å². The number of rotatable bonds is 4. The molecule has 1 saturated heterocycles. The van der Waals surface area contributed by atoms with E-state index in [1.807, 2.05) is 4.90 Å². The van der Waals surface area contributed by atoms with Crippen LogP contribution in [0.4, 0.5) is 0 Å². The van der Waals surface area contributed by atoms with Gasteiger partial charge in [0.05, 0.1) is 12.2 Å². The number of carbonyl (C=O) groups is 1. The summed E-state index contributed by atoms with van der Waals surface area (Å²) in [6.45, 7) is 2.78. The Hall–Kier alpha value is -1.36. The third kappa shape index (κ3) is 3.06. The highest BCUT2D eigenvalue weighted by molar-refractivity contribution is 5.78. The number of likely N-dealkylation sites (tertiary alicyclic amines) is 1. The first-order chi connectivity index (χ1) is 7.86. The smallest absolute Gasteiger partial charge is 0.236 e. The maximum absolute atomic E-state index is 11.7. The average molecular weight is 223 g/mol. The van der Waals surface area contributed by atoms with Crippen molar-refractivity contribution in [2.45, 2.75) is 25.8 Å². The normalized spacial score (nSPS) is 16.4. The molecule has 1 aromatic rings. The Balaban J connectivity index is 1.67. The van der Waals surface area contributed by atoms with Crippen LogP contribution in [0.15, 0.2) is 16.9 Å². The first-order valence-corrected chi connectivity index (χ1v) is 5.74. The summed E-state index contributed by atoms with van der Waals surface area (Å²) in [5.41, 5.74) is 0.825. The quantitative estimate of drug-likeness (QED) is 0.819. The van der Waals surface area contributed by atoms with E-state index in [9.17, 15) is 4.79 Å². The van der Waals surface area contributed by atoms with Crippen molar-refractivity contribution in [3.8, 4) is 0 Å². The molecule has 1 aromatic heterocycles. The van der Waals surface area contributed by atoms with Gasteiger partial charge in [0.25, 0.3) is 0 Å². The summed E-state index contributed by atoms with van der Waals surface area (Å²) < 4.78 is 4.70. The summed E-state index contributed by atoms with van der Waals surface area (Å²) in [6.07, 6.45) is 5.05. The van der Waals surface area contributed by atoms with Gasteiger partial charge in [0.1, 0.15) is 6.26 Å². The number of nitrogens with zero attached hydrogens (tertiary/aromatic N) is 2. The molecule has 1 aliphatic heterocycles. The molecular formula is C11H17N3O2. The average Bonchev–Trinajstić information content (AvgIpc) is 2.83. The maximum atomic E-state index is 11.7. The number of aromatic nitrogens is 1. The number of nitrogens with one attached hydrogen (secondary N) is 1. The second-order valence-corrected chi connectivity index (χ2v) is 4.04. The van der Waals surface area contributed by atoms with Crippen LogP contribution in [0.1, 0.15) is 25.0 Å². The molecule has 0 radical (unpaired) electrons. The Morgan fingerprint density at radius 3 is 2.94 bits per heavy atom. The van der Waals surface area contributed by atoms with Gasteiger partial charge < -0.3 is 14.7 Å². The molecule has 1 N–H and O–H groups in total. The van der Waals surface area contributed by atoms with Gasteiger partial charge >= 0.3 is 0 Å². The van der Waals surface area contributed by atoms with E-state index in [0.717, 1.165) is 31.6 Å². The Morgan fingerprint density at radius 2 is 2.25 bits per heavy atom. The van der Waals surface area contributed by atoms with Crippen molar-refractivity contribution in [2.24, 2.45) is 0 Å². The SMILES string of the molecule is O=C(CNCc1ccon1)N1CCCCC1. The van der Waals surface area contributed by atoms with E-state index in [0.29, 0.717) is 13.1 Å². The molecule has 0 saturated carbocycles. The molecule has 1 fully saturated rings. The second kappa shape index (κ2) is 5.65. The molecule has 2 heterocycles. The minimum atomic E-state index is 0.184. The van der Waals surface area contributed by atoms with Gasteiger partial charge in [-0.15, -0.1) is 0 Å². The topological polar surface area (TPSA) is 58.4 Å². The van der Waals surface area contributed by atoms with Gasteiger partial charge in [-0.25, -0.2) is 0 Å². The Labute approximate surface area is 94.8 Å². The lowest BCUT2D eigenvalue weighted by molar-refractivity contribution is -0.131. The van der Waals surface area contributed by atoms with Crippen LogP contribution in [0.2, 0.25) is 0 Å². The minimum Gasteiger partial charge on any atom is -0.364 e. The van der Waals surface area contributed by atoms with Crippen LogP contribution in [-0.4, -0.2) is 35.6 Å². The standard InChI is InChI=1S/C11H17N3O2/c15-11(14-5-2-1-3-6-14)9-12-8-10-4-7-16-13-10/h4,7,12H,1-3,5-6,8-9H2. The Bertz CT molecular complexity index is 318. The molecule has 0 atom stereocenters. The molecule has 0 aliphatic carbocycles. The summed E-state index contributed by atoms with van der Waals surface area (Å²) >= 11 is 0. The zero-order chi connectivity index (χ0) is 11.2. The number of carbonyl (C=O) groups excluding carboxylic acids is 1. The summed E-state index contributed by atoms with van der Waals surface area (Å²) in [5.74, 6) is 0.184. The highest BCUT2D eigenvalue weighted by atomic mass is 16.5. The van der Waals surface area contributed by atoms with Crippen LogP contribution >= 0.6 is 0 Å². The van der Waals surface area contributed by atoms with Crippen molar-refractivity contribution in [3.05, 3.63) is 18.0 Å². The van der Waals surface area contributed by atoms with Crippen LogP contribution in [0.25, 0.3) is 0 Å². The van der Waals surface area contributed by atoms with E-state index in [4.69, 9.17) is 4.52 Å². The maximum Gasteiger partial charge on any atom is 0.236 e. The Kier molecular flexibility index (Phi) is 3.93. The lowest BCUT2D eigenvalue weighted by atomic mass is 10.1. The van der Waals surface area contributed by atoms with Crippen molar-refractivity contribution in [1.29, 1.82) is 0 Å². The fraction of sp³-hybridized carbons (Fsp3) is 0.636. The number of amides is 1. The van der Waals surface area contributed by atoms with Crippen molar-refractivity contribution in [1.82, 2.24) is 15.4 Å². The lowest BCUT2D eigenvalue weighted by Gasteiger charge is -2.26. The van der Waals surface area contributed by atoms with Gasteiger partial charge in [-0.2, -0.15) is 0 Å². The number of hydrogen-bond acceptors (Lipinski definition) is 4. The third-order valence-electron chi connectivity index (χ3n) is 2.78. The fourth-order valence-electron chi connectivity index (χ4n) is 1.88. The fourth-order valence-corrected chi connectivity index (χ4v) is 1.88. The monoisotopic (exact) mass is 223 g/mol. The van der Waals surface area contributed by atoms with Crippen LogP contribution in [0, 0.1) is 0 Å². The van der Waals surface area contributed by atoms with Gasteiger partial charge in [-0.3, -0.25) is 4.79 Å². The van der Waals surface area contributed by atoms with E-state index in [-0.39, 0.29) is 5.91 Å². The molecule has 0 aromatic carbocycles. The predicted molar refractivity (Wildman–Crippen MR) is 58.6 cm³/mol. The molecule has 0 spiro atoms. The van der Waals surface area contributed by atoms with Crippen molar-refractivity contribution in [3.63, 3.8) is 0 Å². The third-order valence-corrected chi connectivity index (χ3v) is 2.78. The van der Waals surface area contributed by atoms with E-state index < -0.39 is 0 Å². The molecule has 5 nitrogen and oxygen atoms in total. The Morgan fingerprint density at radius 1 is 1.44 bits per heavy atom. The summed E-state index contributed by atoms with van der Waals surface area (Å²) in [7, 11) is 0. The van der Waals surface area contributed by atoms with Crippen LogP contribution in [0.3, 0.4) is 0 Å². The van der Waals surface area contributed by atoms with E-state index in [1.54, 1.807) is 6.07 Å². The van der Waals surface area contributed by atoms with Gasteiger partial charge in [0.15, 0.2) is 0 Å². The van der Waals surface area contributed by atoms with Crippen molar-refractivity contribution >= 4 is 5.91 Å². The van der Waals surface area contributed by atoms with E-state index in [2.05, 4.69) is 10.5 Å². The molecule has 0 unspecified atom stereocenters. The van der Waals surface area contributed by atoms with Crippen LogP contribution in [0.5, 0.6) is 0 Å². The zero-order valence-electron chi connectivity index (χ0n) is 9.32. The molecule has 0 bridgehead atoms. The van der Waals surface area contributed by atoms with E-state index in [1.165, 1.54) is 12.7 Å². The summed E-state index contributed by atoms with van der Waals surface area (Å²) in [6, 6.07) is 1.79. The molecule has 1 aliphatic rings.